The molecule has 1 N–H and O–H groups in total. The van der Waals surface area contributed by atoms with Gasteiger partial charge in [0.1, 0.15) is 0 Å². The Kier molecular flexibility index (Phi) is 10.3. The van der Waals surface area contributed by atoms with Crippen molar-refractivity contribution in [1.29, 1.82) is 0 Å². The molecule has 0 bridgehead atoms. The Morgan fingerprint density at radius 1 is 0.652 bits per heavy atom. The van der Waals surface area contributed by atoms with Gasteiger partial charge in [0.15, 0.2) is 5.78 Å². The Hall–Kier alpha value is -5.16. The van der Waals surface area contributed by atoms with Crippen LogP contribution in [-0.2, 0) is 31.3 Å². The van der Waals surface area contributed by atoms with E-state index in [1.54, 1.807) is 0 Å². The summed E-state index contributed by atoms with van der Waals surface area (Å²) in [7, 11) is 0. The Morgan fingerprint density at radius 3 is 1.89 bits per heavy atom. The van der Waals surface area contributed by atoms with Crippen molar-refractivity contribution in [3.05, 3.63) is 157 Å². The van der Waals surface area contributed by atoms with E-state index < -0.39 is 0 Å². The molecule has 229 valence electrons. The minimum absolute atomic E-state index is 0. The smallest absolute Gasteiger partial charge is 0.155 e. The molecule has 1 aliphatic rings. The third-order valence-corrected chi connectivity index (χ3v) is 7.61. The second-order valence-electron chi connectivity index (χ2n) is 10.8. The van der Waals surface area contributed by atoms with Crippen LogP contribution in [-0.4, -0.2) is 20.9 Å². The number of ketones is 1. The molecular formula is C40H32IrN3O2-. The quantitative estimate of drug-likeness (QED) is 0.143. The van der Waals surface area contributed by atoms with Gasteiger partial charge >= 0.3 is 0 Å². The molecule has 0 spiro atoms. The van der Waals surface area contributed by atoms with Crippen LogP contribution in [0, 0.1) is 0 Å². The van der Waals surface area contributed by atoms with Crippen LogP contribution in [0.25, 0.3) is 55.4 Å². The minimum atomic E-state index is -0.125. The molecular weight excluding hydrogens is 747 g/mol. The van der Waals surface area contributed by atoms with Crippen LogP contribution in [0.4, 0.5) is 0 Å². The molecule has 0 aliphatic heterocycles. The van der Waals surface area contributed by atoms with Crippen LogP contribution in [0.15, 0.2) is 146 Å². The summed E-state index contributed by atoms with van der Waals surface area (Å²) in [4.78, 5) is 23.7. The topological polar surface area (TPSA) is 77.2 Å². The number of allylic oxidation sites excluding steroid dienone is 2. The molecule has 0 unspecified atom stereocenters. The minimum Gasteiger partial charge on any atom is -0.656 e. The summed E-state index contributed by atoms with van der Waals surface area (Å²) >= 11 is 0. The van der Waals surface area contributed by atoms with Gasteiger partial charge in [-0.15, -0.1) is 11.0 Å². The number of aliphatic hydroxyl groups is 1. The number of hydrogen-bond donors (Lipinski definition) is 1. The van der Waals surface area contributed by atoms with Gasteiger partial charge in [0.2, 0.25) is 0 Å². The number of rotatable bonds is 3. The number of aromatic nitrogens is 3. The summed E-state index contributed by atoms with van der Waals surface area (Å²) in [5.74, 6) is -0.0625. The van der Waals surface area contributed by atoms with E-state index in [0.29, 0.717) is 0 Å². The Balaban J connectivity index is 0.000000149. The number of nitrogens with zero attached hydrogens (tertiary/aromatic N) is 3. The van der Waals surface area contributed by atoms with Crippen LogP contribution < -0.4 is 4.98 Å². The van der Waals surface area contributed by atoms with E-state index in [1.807, 2.05) is 48.8 Å². The third-order valence-electron chi connectivity index (χ3n) is 7.61. The normalized spacial score (nSPS) is 11.3. The first-order valence-electron chi connectivity index (χ1n) is 14.8. The van der Waals surface area contributed by atoms with Crippen LogP contribution in [0.1, 0.15) is 25.0 Å². The first-order chi connectivity index (χ1) is 22.0. The molecule has 1 radical (unpaired) electrons. The maximum Gasteiger partial charge on any atom is 0.155 e. The first kappa shape index (κ1) is 32.2. The first-order valence-corrected chi connectivity index (χ1v) is 14.8. The number of aliphatic hydroxyl groups excluding tert-OH is 1. The van der Waals surface area contributed by atoms with Gasteiger partial charge in [-0.3, -0.25) is 14.8 Å². The molecule has 7 aromatic rings. The van der Waals surface area contributed by atoms with Gasteiger partial charge in [0.05, 0.1) is 17.1 Å². The summed E-state index contributed by atoms with van der Waals surface area (Å²) in [6, 6.07) is 41.7. The molecule has 0 saturated heterocycles. The van der Waals surface area contributed by atoms with Crippen LogP contribution in [0.5, 0.6) is 0 Å². The molecule has 3 heterocycles. The van der Waals surface area contributed by atoms with Crippen molar-refractivity contribution in [3.63, 3.8) is 0 Å². The number of hydrogen-bond acceptors (Lipinski definition) is 4. The second-order valence-corrected chi connectivity index (χ2v) is 10.8. The van der Waals surface area contributed by atoms with Crippen molar-refractivity contribution in [2.24, 2.45) is 0 Å². The zero-order valence-electron chi connectivity index (χ0n) is 25.5. The van der Waals surface area contributed by atoms with E-state index in [4.69, 9.17) is 10.1 Å². The van der Waals surface area contributed by atoms with Crippen LogP contribution in [0.2, 0.25) is 0 Å². The van der Waals surface area contributed by atoms with Gasteiger partial charge in [0.25, 0.3) is 0 Å². The monoisotopic (exact) mass is 779 g/mol. The average Bonchev–Trinajstić information content (AvgIpc) is 3.64. The molecule has 46 heavy (non-hydrogen) atoms. The molecule has 6 heteroatoms. The Bertz CT molecular complexity index is 2130. The Labute approximate surface area is 282 Å². The zero-order chi connectivity index (χ0) is 31.2. The van der Waals surface area contributed by atoms with E-state index in [0.717, 1.165) is 34.4 Å². The summed E-state index contributed by atoms with van der Waals surface area (Å²) in [6.07, 6.45) is 5.85. The maximum absolute atomic E-state index is 10.0. The number of benzene rings is 4. The number of pyridine rings is 2. The standard InChI is InChI=1S/C18H13N.C17H11N2.C5H8O2.Ir/c1-2-7-14-13(6-1)12-17-15(14)8-5-9-16(17)18-10-3-4-11-19-18;1-2-10-16-12(6-1)13-7-5-8-14(17(13)19-16)15-9-3-4-11-18-15;1-4(6)3-5(2)7;/h1-11H,12H2;1-11H;3,6H,1-2H3;/q;-1;;. The molecule has 4 aromatic carbocycles. The summed E-state index contributed by atoms with van der Waals surface area (Å²) in [5, 5.41) is 10.8. The second kappa shape index (κ2) is 14.7. The molecule has 5 nitrogen and oxygen atoms in total. The van der Waals surface area contributed by atoms with Crippen molar-refractivity contribution in [1.82, 2.24) is 15.0 Å². The molecule has 0 atom stereocenters. The van der Waals surface area contributed by atoms with Gasteiger partial charge in [0, 0.05) is 44.1 Å². The maximum atomic E-state index is 10.0. The van der Waals surface area contributed by atoms with Crippen molar-refractivity contribution in [3.8, 4) is 33.6 Å². The largest absolute Gasteiger partial charge is 0.656 e. The van der Waals surface area contributed by atoms with Crippen molar-refractivity contribution < 1.29 is 30.0 Å². The molecule has 1 aliphatic carbocycles. The van der Waals surface area contributed by atoms with Crippen molar-refractivity contribution in [2.45, 2.75) is 20.3 Å². The van der Waals surface area contributed by atoms with Gasteiger partial charge in [-0.2, -0.15) is 0 Å². The summed E-state index contributed by atoms with van der Waals surface area (Å²) in [5.41, 5.74) is 12.0. The fraction of sp³-hybridized carbons (Fsp3) is 0.0750. The van der Waals surface area contributed by atoms with Crippen LogP contribution in [0.3, 0.4) is 0 Å². The third kappa shape index (κ3) is 7.05. The van der Waals surface area contributed by atoms with Gasteiger partial charge < -0.3 is 10.1 Å². The fourth-order valence-corrected chi connectivity index (χ4v) is 5.74. The predicted octanol–water partition coefficient (Wildman–Crippen LogP) is 9.37. The van der Waals surface area contributed by atoms with Crippen molar-refractivity contribution in [2.75, 3.05) is 0 Å². The van der Waals surface area contributed by atoms with E-state index in [-0.39, 0.29) is 31.6 Å². The van der Waals surface area contributed by atoms with Gasteiger partial charge in [-0.05, 0) is 83.1 Å². The molecule has 0 fully saturated rings. The zero-order valence-corrected chi connectivity index (χ0v) is 27.9. The van der Waals surface area contributed by atoms with E-state index in [2.05, 4.69) is 94.9 Å². The average molecular weight is 779 g/mol. The van der Waals surface area contributed by atoms with E-state index in [9.17, 15) is 4.79 Å². The molecule has 8 rings (SSSR count). The van der Waals surface area contributed by atoms with E-state index >= 15 is 0 Å². The molecule has 0 amide bonds. The molecule has 3 aromatic heterocycles. The van der Waals surface area contributed by atoms with E-state index in [1.165, 1.54) is 58.5 Å². The van der Waals surface area contributed by atoms with Crippen LogP contribution >= 0.6 is 0 Å². The summed E-state index contributed by atoms with van der Waals surface area (Å²) in [6.45, 7) is 2.85. The number of carbonyl (C=O) groups is 1. The number of para-hydroxylation sites is 2. The summed E-state index contributed by atoms with van der Waals surface area (Å²) < 4.78 is 0. The number of fused-ring (bicyclic) bond motifs is 6. The predicted molar refractivity (Wildman–Crippen MR) is 183 cm³/mol. The fourth-order valence-electron chi connectivity index (χ4n) is 5.74. The molecule has 0 saturated carbocycles. The van der Waals surface area contributed by atoms with Gasteiger partial charge in [-0.1, -0.05) is 97.1 Å². The van der Waals surface area contributed by atoms with Gasteiger partial charge in [-0.25, -0.2) is 0 Å². The SMILES string of the molecule is CC(=O)C=C(C)O.[Ir].c1ccc(-c2cccc3c2Cc2ccccc2-3)nc1.c1ccc(-c2cccc3c2[n-]c2ccccc23)nc1. The Morgan fingerprint density at radius 2 is 1.22 bits per heavy atom. The number of carbonyl (C=O) groups excluding carboxylic acids is 1. The van der Waals surface area contributed by atoms with Crippen molar-refractivity contribution >= 4 is 27.6 Å².